The van der Waals surface area contributed by atoms with E-state index >= 15 is 0 Å². The van der Waals surface area contributed by atoms with E-state index in [1.54, 1.807) is 18.2 Å². The van der Waals surface area contributed by atoms with Crippen molar-refractivity contribution >= 4 is 21.7 Å². The summed E-state index contributed by atoms with van der Waals surface area (Å²) >= 11 is 0. The van der Waals surface area contributed by atoms with Crippen molar-refractivity contribution < 1.29 is 17.9 Å². The quantitative estimate of drug-likeness (QED) is 0.765. The molecule has 0 fully saturated rings. The van der Waals surface area contributed by atoms with Crippen LogP contribution in [0.5, 0.6) is 11.5 Å². The zero-order valence-electron chi connectivity index (χ0n) is 14.7. The highest BCUT2D eigenvalue weighted by Gasteiger charge is 2.21. The van der Waals surface area contributed by atoms with Crippen LogP contribution < -0.4 is 19.1 Å². The lowest BCUT2D eigenvalue weighted by molar-refractivity contribution is 0.386. The Morgan fingerprint density at radius 2 is 1.76 bits per heavy atom. The summed E-state index contributed by atoms with van der Waals surface area (Å²) in [6, 6.07) is 7.77. The van der Waals surface area contributed by atoms with Gasteiger partial charge >= 0.3 is 0 Å². The summed E-state index contributed by atoms with van der Waals surface area (Å²) in [4.78, 5) is 2.00. The number of hydrogen-bond donors (Lipinski definition) is 1. The van der Waals surface area contributed by atoms with E-state index in [-0.39, 0.29) is 16.5 Å². The summed E-state index contributed by atoms with van der Waals surface area (Å²) in [6.07, 6.45) is 0. The van der Waals surface area contributed by atoms with Crippen molar-refractivity contribution in [3.8, 4) is 11.5 Å². The van der Waals surface area contributed by atoms with E-state index in [0.717, 1.165) is 13.1 Å². The van der Waals surface area contributed by atoms with Gasteiger partial charge in [0.05, 0.1) is 14.2 Å². The van der Waals surface area contributed by atoms with Crippen LogP contribution in [0.1, 0.15) is 13.8 Å². The fourth-order valence-electron chi connectivity index (χ4n) is 2.29. The molecule has 0 bridgehead atoms. The minimum absolute atomic E-state index is 0.00887. The van der Waals surface area contributed by atoms with Crippen molar-refractivity contribution in [2.24, 2.45) is 0 Å². The van der Waals surface area contributed by atoms with Crippen LogP contribution in [0.2, 0.25) is 0 Å². The van der Waals surface area contributed by atoms with Crippen molar-refractivity contribution in [1.29, 1.82) is 0 Å². The molecule has 2 rings (SSSR count). The largest absolute Gasteiger partial charge is 0.497 e. The molecule has 0 aliphatic carbocycles. The van der Waals surface area contributed by atoms with Gasteiger partial charge in [-0.15, -0.1) is 10.2 Å². The van der Waals surface area contributed by atoms with E-state index in [1.807, 2.05) is 18.7 Å². The fraction of sp³-hybridized carbons (Fsp3) is 0.375. The molecule has 0 saturated heterocycles. The monoisotopic (exact) mass is 366 g/mol. The predicted octanol–water partition coefficient (Wildman–Crippen LogP) is 2.14. The topological polar surface area (TPSA) is 93.7 Å². The number of rotatable bonds is 8. The number of ether oxygens (including phenoxy) is 2. The van der Waals surface area contributed by atoms with Crippen LogP contribution in [0.4, 0.5) is 11.6 Å². The number of hydrogen-bond acceptors (Lipinski definition) is 7. The second kappa shape index (κ2) is 8.02. The zero-order valence-corrected chi connectivity index (χ0v) is 15.5. The lowest BCUT2D eigenvalue weighted by atomic mass is 10.3. The van der Waals surface area contributed by atoms with Crippen LogP contribution in [-0.2, 0) is 10.0 Å². The number of anilines is 2. The Labute approximate surface area is 147 Å². The molecule has 1 aromatic heterocycles. The number of benzene rings is 1. The van der Waals surface area contributed by atoms with E-state index in [0.29, 0.717) is 11.6 Å². The minimum atomic E-state index is -3.87. The maximum atomic E-state index is 12.6. The predicted molar refractivity (Wildman–Crippen MR) is 95.9 cm³/mol. The highest BCUT2D eigenvalue weighted by atomic mass is 32.2. The summed E-state index contributed by atoms with van der Waals surface area (Å²) in [5.74, 6) is 1.50. The van der Waals surface area contributed by atoms with Gasteiger partial charge in [0, 0.05) is 19.2 Å². The number of methoxy groups -OCH3 is 2. The number of nitrogens with one attached hydrogen (secondary N) is 1. The Morgan fingerprint density at radius 3 is 2.28 bits per heavy atom. The van der Waals surface area contributed by atoms with Gasteiger partial charge in [0.2, 0.25) is 0 Å². The molecule has 0 spiro atoms. The molecule has 1 aromatic carbocycles. The Kier molecular flexibility index (Phi) is 6.02. The van der Waals surface area contributed by atoms with Gasteiger partial charge in [0.15, 0.2) is 11.6 Å². The average Bonchev–Trinajstić information content (AvgIpc) is 2.63. The first-order chi connectivity index (χ1) is 11.9. The molecule has 9 heteroatoms. The molecule has 0 saturated carbocycles. The summed E-state index contributed by atoms with van der Waals surface area (Å²) in [7, 11) is -0.982. The molecule has 1 heterocycles. The van der Waals surface area contributed by atoms with Crippen LogP contribution in [0.25, 0.3) is 0 Å². The first-order valence-electron chi connectivity index (χ1n) is 7.78. The molecular formula is C16H22N4O4S. The first-order valence-corrected chi connectivity index (χ1v) is 9.27. The van der Waals surface area contributed by atoms with E-state index in [9.17, 15) is 8.42 Å². The van der Waals surface area contributed by atoms with E-state index in [4.69, 9.17) is 9.47 Å². The van der Waals surface area contributed by atoms with Crippen LogP contribution in [-0.4, -0.2) is 45.9 Å². The standard InChI is InChI=1S/C16H22N4O4S/c1-5-20(6-2)16-10-9-15(17-18-16)19-25(21,22)14-8-7-12(23-3)11-13(14)24-4/h7-11H,5-6H2,1-4H3,(H,17,19). The molecule has 0 aliphatic rings. The molecule has 2 aromatic rings. The van der Waals surface area contributed by atoms with Crippen molar-refractivity contribution in [3.05, 3.63) is 30.3 Å². The summed E-state index contributed by atoms with van der Waals surface area (Å²) < 4.78 is 37.8. The number of aromatic nitrogens is 2. The molecule has 1 N–H and O–H groups in total. The highest BCUT2D eigenvalue weighted by molar-refractivity contribution is 7.92. The third kappa shape index (κ3) is 4.30. The summed E-state index contributed by atoms with van der Waals surface area (Å²) in [6.45, 7) is 5.61. The molecule has 0 aliphatic heterocycles. The Balaban J connectivity index is 2.27. The van der Waals surface area contributed by atoms with Crippen LogP contribution in [0.15, 0.2) is 35.2 Å². The van der Waals surface area contributed by atoms with Gasteiger partial charge in [-0.1, -0.05) is 0 Å². The number of nitrogens with zero attached hydrogens (tertiary/aromatic N) is 3. The second-order valence-corrected chi connectivity index (χ2v) is 6.72. The molecule has 0 amide bonds. The SMILES string of the molecule is CCN(CC)c1ccc(NS(=O)(=O)c2ccc(OC)cc2OC)nn1. The smallest absolute Gasteiger partial charge is 0.266 e. The lowest BCUT2D eigenvalue weighted by Gasteiger charge is -2.19. The average molecular weight is 366 g/mol. The van der Waals surface area contributed by atoms with Crippen molar-refractivity contribution in [1.82, 2.24) is 10.2 Å². The van der Waals surface area contributed by atoms with Gasteiger partial charge in [-0.05, 0) is 38.1 Å². The molecule has 136 valence electrons. The van der Waals surface area contributed by atoms with Gasteiger partial charge in [0.1, 0.15) is 16.4 Å². The fourth-order valence-corrected chi connectivity index (χ4v) is 3.43. The Hall–Kier alpha value is -2.55. The minimum Gasteiger partial charge on any atom is -0.497 e. The van der Waals surface area contributed by atoms with E-state index < -0.39 is 10.0 Å². The first kappa shape index (κ1) is 18.8. The maximum absolute atomic E-state index is 12.6. The van der Waals surface area contributed by atoms with Crippen LogP contribution in [0, 0.1) is 0 Å². The third-order valence-corrected chi connectivity index (χ3v) is 5.03. The van der Waals surface area contributed by atoms with E-state index in [2.05, 4.69) is 14.9 Å². The van der Waals surface area contributed by atoms with Crippen molar-refractivity contribution in [2.45, 2.75) is 18.7 Å². The number of sulfonamides is 1. The molecular weight excluding hydrogens is 344 g/mol. The highest BCUT2D eigenvalue weighted by Crippen LogP contribution is 2.29. The van der Waals surface area contributed by atoms with Gasteiger partial charge in [-0.25, -0.2) is 8.42 Å². The van der Waals surface area contributed by atoms with Gasteiger partial charge in [-0.2, -0.15) is 0 Å². The molecule has 8 nitrogen and oxygen atoms in total. The summed E-state index contributed by atoms with van der Waals surface area (Å²) in [5.41, 5.74) is 0. The summed E-state index contributed by atoms with van der Waals surface area (Å²) in [5, 5.41) is 8.01. The zero-order chi connectivity index (χ0) is 18.4. The Morgan fingerprint density at radius 1 is 1.04 bits per heavy atom. The van der Waals surface area contributed by atoms with E-state index in [1.165, 1.54) is 26.4 Å². The second-order valence-electron chi connectivity index (χ2n) is 5.07. The maximum Gasteiger partial charge on any atom is 0.266 e. The van der Waals surface area contributed by atoms with Gasteiger partial charge < -0.3 is 14.4 Å². The molecule has 0 radical (unpaired) electrons. The normalized spacial score (nSPS) is 11.0. The van der Waals surface area contributed by atoms with Gasteiger partial charge in [-0.3, -0.25) is 4.72 Å². The Bertz CT molecular complexity index is 805. The van der Waals surface area contributed by atoms with Crippen molar-refractivity contribution in [3.63, 3.8) is 0 Å². The lowest BCUT2D eigenvalue weighted by Crippen LogP contribution is -2.23. The molecule has 0 unspecified atom stereocenters. The van der Waals surface area contributed by atoms with Crippen LogP contribution in [0.3, 0.4) is 0 Å². The third-order valence-electron chi connectivity index (χ3n) is 3.64. The van der Waals surface area contributed by atoms with Gasteiger partial charge in [0.25, 0.3) is 10.0 Å². The molecule has 0 atom stereocenters. The van der Waals surface area contributed by atoms with Crippen LogP contribution >= 0.6 is 0 Å². The van der Waals surface area contributed by atoms with Crippen molar-refractivity contribution in [2.75, 3.05) is 36.9 Å². The molecule has 25 heavy (non-hydrogen) atoms.